The SMILES string of the molecule is Cc1ccc(CN2CCN(CCN=O)CC2)cn1. The molecule has 0 radical (unpaired) electrons. The molecule has 0 aromatic carbocycles. The fourth-order valence-corrected chi connectivity index (χ4v) is 2.20. The Kier molecular flexibility index (Phi) is 4.78. The molecule has 1 aromatic rings. The van der Waals surface area contributed by atoms with Crippen LogP contribution in [0.4, 0.5) is 0 Å². The topological polar surface area (TPSA) is 48.8 Å². The van der Waals surface area contributed by atoms with Gasteiger partial charge in [-0.25, -0.2) is 0 Å². The Bertz CT molecular complexity index is 371. The molecule has 0 atom stereocenters. The van der Waals surface area contributed by atoms with Crippen LogP contribution < -0.4 is 0 Å². The van der Waals surface area contributed by atoms with Crippen molar-refractivity contribution in [2.24, 2.45) is 5.18 Å². The van der Waals surface area contributed by atoms with Crippen molar-refractivity contribution in [3.05, 3.63) is 34.5 Å². The molecule has 0 spiro atoms. The molecule has 1 aliphatic rings. The predicted octanol–water partition coefficient (Wildman–Crippen LogP) is 1.27. The lowest BCUT2D eigenvalue weighted by atomic mass is 10.2. The van der Waals surface area contributed by atoms with Gasteiger partial charge in [-0.2, -0.15) is 4.91 Å². The number of hydrogen-bond donors (Lipinski definition) is 0. The van der Waals surface area contributed by atoms with Gasteiger partial charge in [0, 0.05) is 51.2 Å². The van der Waals surface area contributed by atoms with Crippen molar-refractivity contribution in [2.45, 2.75) is 13.5 Å². The molecule has 5 heteroatoms. The van der Waals surface area contributed by atoms with E-state index in [0.29, 0.717) is 6.54 Å². The predicted molar refractivity (Wildman–Crippen MR) is 71.4 cm³/mol. The maximum Gasteiger partial charge on any atom is 0.0938 e. The molecule has 1 aliphatic heterocycles. The largest absolute Gasteiger partial charge is 0.299 e. The first kappa shape index (κ1) is 13.1. The Morgan fingerprint density at radius 1 is 1.22 bits per heavy atom. The van der Waals surface area contributed by atoms with Gasteiger partial charge in [-0.1, -0.05) is 11.2 Å². The van der Waals surface area contributed by atoms with Crippen LogP contribution in [-0.2, 0) is 6.54 Å². The quantitative estimate of drug-likeness (QED) is 0.736. The average molecular weight is 248 g/mol. The molecule has 1 saturated heterocycles. The highest BCUT2D eigenvalue weighted by molar-refractivity contribution is 5.13. The molecule has 0 amide bonds. The number of aromatic nitrogens is 1. The molecule has 1 fully saturated rings. The van der Waals surface area contributed by atoms with E-state index < -0.39 is 0 Å². The summed E-state index contributed by atoms with van der Waals surface area (Å²) in [5.74, 6) is 0. The molecule has 0 N–H and O–H groups in total. The van der Waals surface area contributed by atoms with Gasteiger partial charge in [0.05, 0.1) is 6.54 Å². The minimum absolute atomic E-state index is 0.405. The highest BCUT2D eigenvalue weighted by Crippen LogP contribution is 2.08. The fraction of sp³-hybridized carbons (Fsp3) is 0.615. The van der Waals surface area contributed by atoms with Gasteiger partial charge >= 0.3 is 0 Å². The van der Waals surface area contributed by atoms with Crippen LogP contribution in [-0.4, -0.2) is 54.1 Å². The van der Waals surface area contributed by atoms with E-state index in [2.05, 4.69) is 32.1 Å². The fourth-order valence-electron chi connectivity index (χ4n) is 2.20. The Hall–Kier alpha value is -1.33. The molecule has 2 rings (SSSR count). The number of pyridine rings is 1. The summed E-state index contributed by atoms with van der Waals surface area (Å²) in [6.45, 7) is 8.31. The third kappa shape index (κ3) is 3.85. The minimum atomic E-state index is 0.405. The van der Waals surface area contributed by atoms with Gasteiger partial charge in [0.1, 0.15) is 0 Å². The maximum atomic E-state index is 10.1. The summed E-state index contributed by atoms with van der Waals surface area (Å²) in [5, 5.41) is 2.91. The Morgan fingerprint density at radius 3 is 2.56 bits per heavy atom. The van der Waals surface area contributed by atoms with Gasteiger partial charge in [0.15, 0.2) is 0 Å². The summed E-state index contributed by atoms with van der Waals surface area (Å²) in [6, 6.07) is 4.20. The van der Waals surface area contributed by atoms with Crippen molar-refractivity contribution in [3.63, 3.8) is 0 Å². The van der Waals surface area contributed by atoms with Crippen molar-refractivity contribution in [2.75, 3.05) is 39.3 Å². The summed E-state index contributed by atoms with van der Waals surface area (Å²) >= 11 is 0. The monoisotopic (exact) mass is 248 g/mol. The first-order valence-electron chi connectivity index (χ1n) is 6.43. The summed E-state index contributed by atoms with van der Waals surface area (Å²) in [7, 11) is 0. The highest BCUT2D eigenvalue weighted by Gasteiger charge is 2.16. The van der Waals surface area contributed by atoms with Crippen LogP contribution in [0.15, 0.2) is 23.5 Å². The lowest BCUT2D eigenvalue weighted by Crippen LogP contribution is -2.46. The Morgan fingerprint density at radius 2 is 1.94 bits per heavy atom. The third-order valence-electron chi connectivity index (χ3n) is 3.35. The van der Waals surface area contributed by atoms with E-state index in [1.165, 1.54) is 5.56 Å². The lowest BCUT2D eigenvalue weighted by Gasteiger charge is -2.34. The van der Waals surface area contributed by atoms with Gasteiger partial charge in [-0.15, -0.1) is 0 Å². The van der Waals surface area contributed by atoms with Crippen molar-refractivity contribution in [1.82, 2.24) is 14.8 Å². The van der Waals surface area contributed by atoms with Crippen LogP contribution in [0.2, 0.25) is 0 Å². The van der Waals surface area contributed by atoms with Crippen molar-refractivity contribution < 1.29 is 0 Å². The zero-order valence-electron chi connectivity index (χ0n) is 10.9. The normalized spacial score (nSPS) is 17.8. The molecule has 0 bridgehead atoms. The molecule has 1 aromatic heterocycles. The van der Waals surface area contributed by atoms with Crippen LogP contribution in [0.5, 0.6) is 0 Å². The van der Waals surface area contributed by atoms with E-state index in [0.717, 1.165) is 45.0 Å². The van der Waals surface area contributed by atoms with Crippen LogP contribution in [0, 0.1) is 11.8 Å². The van der Waals surface area contributed by atoms with Gasteiger partial charge in [-0.3, -0.25) is 14.8 Å². The lowest BCUT2D eigenvalue weighted by molar-refractivity contribution is 0.130. The molecule has 18 heavy (non-hydrogen) atoms. The number of hydrogen-bond acceptors (Lipinski definition) is 5. The second-order valence-corrected chi connectivity index (χ2v) is 4.78. The standard InChI is InChI=1S/C13H20N4O/c1-12-2-3-13(10-14-12)11-17-8-6-16(7-9-17)5-4-15-18/h2-3,10H,4-9,11H2,1H3. The molecular formula is C13H20N4O. The van der Waals surface area contributed by atoms with Gasteiger partial charge in [0.25, 0.3) is 0 Å². The molecule has 0 unspecified atom stereocenters. The summed E-state index contributed by atoms with van der Waals surface area (Å²) in [5.41, 5.74) is 2.33. The summed E-state index contributed by atoms with van der Waals surface area (Å²) in [6.07, 6.45) is 1.96. The highest BCUT2D eigenvalue weighted by atomic mass is 16.3. The van der Waals surface area contributed by atoms with Crippen molar-refractivity contribution >= 4 is 0 Å². The minimum Gasteiger partial charge on any atom is -0.299 e. The molecule has 5 nitrogen and oxygen atoms in total. The van der Waals surface area contributed by atoms with E-state index in [9.17, 15) is 4.91 Å². The van der Waals surface area contributed by atoms with E-state index in [1.807, 2.05) is 13.1 Å². The maximum absolute atomic E-state index is 10.1. The molecular weight excluding hydrogens is 228 g/mol. The van der Waals surface area contributed by atoms with Crippen LogP contribution in [0.3, 0.4) is 0 Å². The van der Waals surface area contributed by atoms with Gasteiger partial charge < -0.3 is 0 Å². The number of nitrogens with zero attached hydrogens (tertiary/aromatic N) is 4. The second-order valence-electron chi connectivity index (χ2n) is 4.78. The number of piperazine rings is 1. The first-order chi connectivity index (χ1) is 8.78. The second kappa shape index (κ2) is 6.56. The van der Waals surface area contributed by atoms with Crippen molar-refractivity contribution in [3.8, 4) is 0 Å². The van der Waals surface area contributed by atoms with Crippen LogP contribution in [0.1, 0.15) is 11.3 Å². The van der Waals surface area contributed by atoms with Crippen LogP contribution in [0.25, 0.3) is 0 Å². The van der Waals surface area contributed by atoms with Crippen molar-refractivity contribution in [1.29, 1.82) is 0 Å². The van der Waals surface area contributed by atoms with E-state index in [4.69, 9.17) is 0 Å². The van der Waals surface area contributed by atoms with Gasteiger partial charge in [0.2, 0.25) is 0 Å². The number of nitroso groups, excluding NO2 is 1. The van der Waals surface area contributed by atoms with E-state index in [1.54, 1.807) is 0 Å². The summed E-state index contributed by atoms with van der Waals surface area (Å²) in [4.78, 5) is 19.1. The molecule has 98 valence electrons. The Balaban J connectivity index is 1.76. The van der Waals surface area contributed by atoms with E-state index >= 15 is 0 Å². The average Bonchev–Trinajstić information content (AvgIpc) is 2.41. The van der Waals surface area contributed by atoms with Gasteiger partial charge in [-0.05, 0) is 18.6 Å². The summed E-state index contributed by atoms with van der Waals surface area (Å²) < 4.78 is 0. The molecule has 0 aliphatic carbocycles. The third-order valence-corrected chi connectivity index (χ3v) is 3.35. The Labute approximate surface area is 108 Å². The first-order valence-corrected chi connectivity index (χ1v) is 6.43. The molecule has 0 saturated carbocycles. The van der Waals surface area contributed by atoms with Crippen LogP contribution >= 0.6 is 0 Å². The zero-order valence-corrected chi connectivity index (χ0v) is 10.9. The van der Waals surface area contributed by atoms with E-state index in [-0.39, 0.29) is 0 Å². The number of rotatable bonds is 5. The molecule has 2 heterocycles. The number of aryl methyl sites for hydroxylation is 1. The smallest absolute Gasteiger partial charge is 0.0938 e. The zero-order chi connectivity index (χ0) is 12.8.